The predicted octanol–water partition coefficient (Wildman–Crippen LogP) is 2.87. The third-order valence-corrected chi connectivity index (χ3v) is 3.10. The van der Waals surface area contributed by atoms with Crippen LogP contribution in [0.4, 0.5) is 4.39 Å². The summed E-state index contributed by atoms with van der Waals surface area (Å²) in [5.74, 6) is 0.671. The van der Waals surface area contributed by atoms with E-state index in [9.17, 15) is 4.39 Å². The quantitative estimate of drug-likeness (QED) is 0.846. The van der Waals surface area contributed by atoms with Gasteiger partial charge in [-0.15, -0.1) is 0 Å². The highest BCUT2D eigenvalue weighted by Gasteiger charge is 2.03. The van der Waals surface area contributed by atoms with E-state index >= 15 is 0 Å². The number of nitrogens with two attached hydrogens (primary N) is 1. The molecule has 0 amide bonds. The lowest BCUT2D eigenvalue weighted by atomic mass is 10.2. The summed E-state index contributed by atoms with van der Waals surface area (Å²) in [6, 6.07) is 3.73. The number of pyridine rings is 1. The first-order valence-electron chi connectivity index (χ1n) is 6.85. The zero-order chi connectivity index (χ0) is 14.4. The number of hydrogen-bond acceptors (Lipinski definition) is 3. The van der Waals surface area contributed by atoms with Gasteiger partial charge >= 0.3 is 0 Å². The van der Waals surface area contributed by atoms with Crippen molar-refractivity contribution in [3.63, 3.8) is 0 Å². The molecule has 2 rings (SSSR count). The fourth-order valence-electron chi connectivity index (χ4n) is 1.90. The van der Waals surface area contributed by atoms with Crippen molar-refractivity contribution in [3.8, 4) is 5.75 Å². The summed E-state index contributed by atoms with van der Waals surface area (Å²) in [5, 5.41) is 0. The van der Waals surface area contributed by atoms with Gasteiger partial charge in [0, 0.05) is 18.3 Å². The molecule has 0 aliphatic heterocycles. The molecule has 20 heavy (non-hydrogen) atoms. The van der Waals surface area contributed by atoms with Gasteiger partial charge in [-0.25, -0.2) is 9.37 Å². The Bertz CT molecular complexity index is 592. The van der Waals surface area contributed by atoms with Crippen molar-refractivity contribution in [1.82, 2.24) is 9.38 Å². The first kappa shape index (κ1) is 14.5. The Labute approximate surface area is 118 Å². The molecule has 2 N–H and O–H groups in total. The number of hydrogen-bond donors (Lipinski definition) is 1. The van der Waals surface area contributed by atoms with E-state index in [1.165, 1.54) is 0 Å². The Morgan fingerprint density at radius 1 is 1.45 bits per heavy atom. The molecule has 2 heterocycles. The molecule has 0 aliphatic rings. The van der Waals surface area contributed by atoms with Gasteiger partial charge in [-0.3, -0.25) is 0 Å². The van der Waals surface area contributed by atoms with Crippen LogP contribution in [0.2, 0.25) is 0 Å². The molecule has 0 bridgehead atoms. The third kappa shape index (κ3) is 3.57. The SMILES string of the molecule is CCCCc1cn2cc(OC/C(=C\F)CN)ccc2n1. The second-order valence-corrected chi connectivity index (χ2v) is 4.73. The largest absolute Gasteiger partial charge is 0.488 e. The Hall–Kier alpha value is -1.88. The summed E-state index contributed by atoms with van der Waals surface area (Å²) in [4.78, 5) is 4.53. The molecule has 0 atom stereocenters. The molecule has 0 aromatic carbocycles. The highest BCUT2D eigenvalue weighted by molar-refractivity contribution is 5.43. The fourth-order valence-corrected chi connectivity index (χ4v) is 1.90. The second kappa shape index (κ2) is 7.05. The molecular formula is C15H20FN3O. The summed E-state index contributed by atoms with van der Waals surface area (Å²) in [7, 11) is 0. The maximum atomic E-state index is 12.4. The van der Waals surface area contributed by atoms with Gasteiger partial charge in [-0.05, 0) is 25.0 Å². The van der Waals surface area contributed by atoms with Gasteiger partial charge in [-0.1, -0.05) is 13.3 Å². The van der Waals surface area contributed by atoms with E-state index in [-0.39, 0.29) is 13.2 Å². The second-order valence-electron chi connectivity index (χ2n) is 4.73. The molecule has 2 aromatic heterocycles. The van der Waals surface area contributed by atoms with E-state index in [1.807, 2.05) is 28.9 Å². The zero-order valence-corrected chi connectivity index (χ0v) is 11.7. The van der Waals surface area contributed by atoms with Crippen molar-refractivity contribution >= 4 is 5.65 Å². The van der Waals surface area contributed by atoms with Gasteiger partial charge in [0.1, 0.15) is 18.0 Å². The first-order valence-corrected chi connectivity index (χ1v) is 6.85. The number of halogens is 1. The maximum Gasteiger partial charge on any atom is 0.137 e. The molecule has 108 valence electrons. The topological polar surface area (TPSA) is 52.5 Å². The summed E-state index contributed by atoms with van der Waals surface area (Å²) < 4.78 is 19.8. The van der Waals surface area contributed by atoms with Crippen molar-refractivity contribution in [1.29, 1.82) is 0 Å². The van der Waals surface area contributed by atoms with Crippen LogP contribution >= 0.6 is 0 Å². The van der Waals surface area contributed by atoms with Crippen molar-refractivity contribution in [2.45, 2.75) is 26.2 Å². The van der Waals surface area contributed by atoms with Gasteiger partial charge in [0.2, 0.25) is 0 Å². The number of fused-ring (bicyclic) bond motifs is 1. The predicted molar refractivity (Wildman–Crippen MR) is 77.5 cm³/mol. The Morgan fingerprint density at radius 2 is 2.30 bits per heavy atom. The summed E-state index contributed by atoms with van der Waals surface area (Å²) >= 11 is 0. The molecular weight excluding hydrogens is 257 g/mol. The highest BCUT2D eigenvalue weighted by atomic mass is 19.1. The zero-order valence-electron chi connectivity index (χ0n) is 11.7. The Balaban J connectivity index is 2.08. The average Bonchev–Trinajstić information content (AvgIpc) is 2.88. The Kier molecular flexibility index (Phi) is 5.12. The molecule has 0 aliphatic carbocycles. The van der Waals surface area contributed by atoms with E-state index in [2.05, 4.69) is 11.9 Å². The normalized spacial score (nSPS) is 12.1. The van der Waals surface area contributed by atoms with Crippen LogP contribution in [0.15, 0.2) is 36.4 Å². The summed E-state index contributed by atoms with van der Waals surface area (Å²) in [5.41, 5.74) is 7.79. The summed E-state index contributed by atoms with van der Waals surface area (Å²) in [6.45, 7) is 2.48. The monoisotopic (exact) mass is 277 g/mol. The minimum absolute atomic E-state index is 0.158. The molecule has 0 radical (unpaired) electrons. The van der Waals surface area contributed by atoms with E-state index in [1.54, 1.807) is 0 Å². The Morgan fingerprint density at radius 3 is 3.00 bits per heavy atom. The number of rotatable bonds is 7. The van der Waals surface area contributed by atoms with Gasteiger partial charge in [-0.2, -0.15) is 0 Å². The van der Waals surface area contributed by atoms with Crippen molar-refractivity contribution in [2.75, 3.05) is 13.2 Å². The van der Waals surface area contributed by atoms with Crippen LogP contribution in [-0.2, 0) is 6.42 Å². The van der Waals surface area contributed by atoms with Crippen LogP contribution in [0.25, 0.3) is 5.65 Å². The number of aryl methyl sites for hydroxylation is 1. The van der Waals surface area contributed by atoms with Crippen LogP contribution < -0.4 is 10.5 Å². The van der Waals surface area contributed by atoms with Gasteiger partial charge in [0.15, 0.2) is 0 Å². The molecule has 0 saturated heterocycles. The van der Waals surface area contributed by atoms with E-state index in [4.69, 9.17) is 10.5 Å². The van der Waals surface area contributed by atoms with E-state index < -0.39 is 0 Å². The number of aromatic nitrogens is 2. The lowest BCUT2D eigenvalue weighted by Crippen LogP contribution is -2.10. The lowest BCUT2D eigenvalue weighted by Gasteiger charge is -2.07. The van der Waals surface area contributed by atoms with Crippen LogP contribution in [0.5, 0.6) is 5.75 Å². The average molecular weight is 277 g/mol. The van der Waals surface area contributed by atoms with Crippen LogP contribution in [0.3, 0.4) is 0 Å². The minimum Gasteiger partial charge on any atom is -0.488 e. The van der Waals surface area contributed by atoms with Crippen LogP contribution in [-0.4, -0.2) is 22.5 Å². The smallest absolute Gasteiger partial charge is 0.137 e. The number of ether oxygens (including phenoxy) is 1. The number of imidazole rings is 1. The first-order chi connectivity index (χ1) is 9.76. The molecule has 2 aromatic rings. The summed E-state index contributed by atoms with van der Waals surface area (Å²) in [6.07, 6.45) is 7.62. The lowest BCUT2D eigenvalue weighted by molar-refractivity contribution is 0.346. The van der Waals surface area contributed by atoms with Crippen LogP contribution in [0, 0.1) is 0 Å². The van der Waals surface area contributed by atoms with Gasteiger partial charge in [0.05, 0.1) is 18.2 Å². The van der Waals surface area contributed by atoms with Crippen molar-refractivity contribution in [3.05, 3.63) is 42.1 Å². The van der Waals surface area contributed by atoms with E-state index in [0.717, 1.165) is 30.6 Å². The van der Waals surface area contributed by atoms with Gasteiger partial charge in [0.25, 0.3) is 0 Å². The molecule has 5 heteroatoms. The molecule has 0 unspecified atom stereocenters. The van der Waals surface area contributed by atoms with Crippen molar-refractivity contribution in [2.24, 2.45) is 5.73 Å². The number of nitrogens with zero attached hydrogens (tertiary/aromatic N) is 2. The fraction of sp³-hybridized carbons (Fsp3) is 0.400. The third-order valence-electron chi connectivity index (χ3n) is 3.10. The minimum atomic E-state index is 0.158. The highest BCUT2D eigenvalue weighted by Crippen LogP contribution is 2.15. The molecule has 0 fully saturated rings. The van der Waals surface area contributed by atoms with Crippen LogP contribution in [0.1, 0.15) is 25.5 Å². The molecule has 0 spiro atoms. The van der Waals surface area contributed by atoms with E-state index in [0.29, 0.717) is 17.7 Å². The van der Waals surface area contributed by atoms with Gasteiger partial charge < -0.3 is 14.9 Å². The molecule has 0 saturated carbocycles. The maximum absolute atomic E-state index is 12.4. The standard InChI is InChI=1S/C15H20FN3O/c1-2-3-4-13-9-19-10-14(5-6-15(19)18-13)20-11-12(7-16)8-17/h5-7,9-10H,2-4,8,11,17H2,1H3/b12-7-. The molecule has 4 nitrogen and oxygen atoms in total. The van der Waals surface area contributed by atoms with Crippen molar-refractivity contribution < 1.29 is 9.13 Å². The number of unbranched alkanes of at least 4 members (excludes halogenated alkanes) is 1.